The number of hydrogen-bond donors (Lipinski definition) is 2. The van der Waals surface area contributed by atoms with E-state index in [-0.39, 0.29) is 16.8 Å². The van der Waals surface area contributed by atoms with Crippen molar-refractivity contribution in [1.29, 1.82) is 0 Å². The number of phenolic OH excluding ortho intramolecular Hbond substituents is 1. The molecule has 0 amide bonds. The predicted octanol–water partition coefficient (Wildman–Crippen LogP) is 3.58. The number of benzene rings is 2. The van der Waals surface area contributed by atoms with Gasteiger partial charge in [0, 0.05) is 19.3 Å². The second-order valence-corrected chi connectivity index (χ2v) is 5.39. The van der Waals surface area contributed by atoms with Crippen LogP contribution in [0.4, 0.5) is 5.69 Å². The first-order valence-corrected chi connectivity index (χ1v) is 7.59. The molecule has 0 spiro atoms. The molecule has 0 radical (unpaired) electrons. The zero-order valence-corrected chi connectivity index (χ0v) is 13.5. The standard InChI is InChI=1S/C17H21ClN2O2/c1-3-22-16-10-12(9-14(18)17(16)21)15(11-19)20(2)13-7-5-4-6-8-13/h4-10,15,21H,3,11,19H2,1-2H3. The highest BCUT2D eigenvalue weighted by Crippen LogP contribution is 2.38. The lowest BCUT2D eigenvalue weighted by Crippen LogP contribution is -2.30. The van der Waals surface area contributed by atoms with E-state index in [4.69, 9.17) is 22.1 Å². The van der Waals surface area contributed by atoms with Crippen molar-refractivity contribution in [3.05, 3.63) is 53.1 Å². The van der Waals surface area contributed by atoms with Gasteiger partial charge in [0.2, 0.25) is 0 Å². The Labute approximate surface area is 136 Å². The summed E-state index contributed by atoms with van der Waals surface area (Å²) in [6.07, 6.45) is 0. The molecule has 2 aromatic carbocycles. The number of nitrogens with zero attached hydrogens (tertiary/aromatic N) is 1. The lowest BCUT2D eigenvalue weighted by molar-refractivity contribution is 0.317. The van der Waals surface area contributed by atoms with Crippen LogP contribution in [0, 0.1) is 0 Å². The minimum absolute atomic E-state index is 0.0367. The Kier molecular flexibility index (Phi) is 5.52. The Hall–Kier alpha value is -1.91. The SMILES string of the molecule is CCOc1cc(C(CN)N(C)c2ccccc2)cc(Cl)c1O. The molecule has 0 fully saturated rings. The maximum Gasteiger partial charge on any atom is 0.176 e. The molecule has 22 heavy (non-hydrogen) atoms. The summed E-state index contributed by atoms with van der Waals surface area (Å²) in [4.78, 5) is 2.08. The van der Waals surface area contributed by atoms with Crippen molar-refractivity contribution in [3.8, 4) is 11.5 Å². The minimum atomic E-state index is -0.0697. The van der Waals surface area contributed by atoms with Crippen LogP contribution in [0.2, 0.25) is 5.02 Å². The molecule has 0 aromatic heterocycles. The molecule has 5 heteroatoms. The highest BCUT2D eigenvalue weighted by molar-refractivity contribution is 6.32. The number of anilines is 1. The van der Waals surface area contributed by atoms with E-state index in [9.17, 15) is 5.11 Å². The molecule has 118 valence electrons. The monoisotopic (exact) mass is 320 g/mol. The van der Waals surface area contributed by atoms with E-state index in [1.807, 2.05) is 44.3 Å². The van der Waals surface area contributed by atoms with Crippen molar-refractivity contribution in [2.45, 2.75) is 13.0 Å². The Balaban J connectivity index is 2.39. The van der Waals surface area contributed by atoms with E-state index >= 15 is 0 Å². The molecule has 0 saturated carbocycles. The molecule has 0 saturated heterocycles. The Morgan fingerprint density at radius 1 is 1.27 bits per heavy atom. The fourth-order valence-electron chi connectivity index (χ4n) is 2.41. The Bertz CT molecular complexity index is 620. The van der Waals surface area contributed by atoms with Gasteiger partial charge >= 0.3 is 0 Å². The van der Waals surface area contributed by atoms with Crippen molar-refractivity contribution in [3.63, 3.8) is 0 Å². The summed E-state index contributed by atoms with van der Waals surface area (Å²) in [5.41, 5.74) is 7.93. The molecule has 2 aromatic rings. The van der Waals surface area contributed by atoms with E-state index in [0.717, 1.165) is 11.3 Å². The van der Waals surface area contributed by atoms with E-state index in [1.54, 1.807) is 12.1 Å². The number of hydrogen-bond acceptors (Lipinski definition) is 4. The number of phenols is 1. The quantitative estimate of drug-likeness (QED) is 0.854. The summed E-state index contributed by atoms with van der Waals surface area (Å²) < 4.78 is 5.44. The topological polar surface area (TPSA) is 58.7 Å². The summed E-state index contributed by atoms with van der Waals surface area (Å²) in [6.45, 7) is 2.73. The first-order valence-electron chi connectivity index (χ1n) is 7.21. The number of halogens is 1. The van der Waals surface area contributed by atoms with Gasteiger partial charge in [0.1, 0.15) is 0 Å². The molecule has 0 aliphatic rings. The lowest BCUT2D eigenvalue weighted by Gasteiger charge is -2.30. The van der Waals surface area contributed by atoms with Gasteiger partial charge < -0.3 is 20.5 Å². The maximum atomic E-state index is 9.96. The summed E-state index contributed by atoms with van der Waals surface area (Å²) in [5.74, 6) is 0.343. The molecular formula is C17H21ClN2O2. The third-order valence-electron chi connectivity index (χ3n) is 3.59. The summed E-state index contributed by atoms with van der Waals surface area (Å²) in [6, 6.07) is 13.4. The Morgan fingerprint density at radius 3 is 2.55 bits per heavy atom. The fraction of sp³-hybridized carbons (Fsp3) is 0.294. The van der Waals surface area contributed by atoms with Crippen molar-refractivity contribution < 1.29 is 9.84 Å². The van der Waals surface area contributed by atoms with Crippen LogP contribution in [-0.4, -0.2) is 25.3 Å². The molecule has 0 heterocycles. The van der Waals surface area contributed by atoms with Gasteiger partial charge in [-0.05, 0) is 36.8 Å². The van der Waals surface area contributed by atoms with Crippen molar-refractivity contribution in [1.82, 2.24) is 0 Å². The summed E-state index contributed by atoms with van der Waals surface area (Å²) in [7, 11) is 1.98. The number of aromatic hydroxyl groups is 1. The molecule has 0 aliphatic carbocycles. The van der Waals surface area contributed by atoms with Crippen LogP contribution in [0.5, 0.6) is 11.5 Å². The fourth-order valence-corrected chi connectivity index (χ4v) is 2.63. The van der Waals surface area contributed by atoms with Gasteiger partial charge in [0.05, 0.1) is 17.7 Å². The van der Waals surface area contributed by atoms with Gasteiger partial charge in [-0.1, -0.05) is 29.8 Å². The van der Waals surface area contributed by atoms with Crippen LogP contribution in [0.25, 0.3) is 0 Å². The summed E-state index contributed by atoms with van der Waals surface area (Å²) in [5, 5.41) is 10.2. The zero-order valence-electron chi connectivity index (χ0n) is 12.8. The van der Waals surface area contributed by atoms with Gasteiger partial charge in [0.15, 0.2) is 11.5 Å². The van der Waals surface area contributed by atoms with E-state index < -0.39 is 0 Å². The van der Waals surface area contributed by atoms with Crippen molar-refractivity contribution in [2.24, 2.45) is 5.73 Å². The second-order valence-electron chi connectivity index (χ2n) is 4.98. The normalized spacial score (nSPS) is 12.0. The van der Waals surface area contributed by atoms with Crippen LogP contribution in [0.15, 0.2) is 42.5 Å². The van der Waals surface area contributed by atoms with E-state index in [0.29, 0.717) is 18.9 Å². The van der Waals surface area contributed by atoms with Gasteiger partial charge in [-0.25, -0.2) is 0 Å². The third kappa shape index (κ3) is 3.46. The second kappa shape index (κ2) is 7.38. The molecule has 1 atom stereocenters. The summed E-state index contributed by atoms with van der Waals surface area (Å²) >= 11 is 6.12. The van der Waals surface area contributed by atoms with E-state index in [1.165, 1.54) is 0 Å². The van der Waals surface area contributed by atoms with Crippen molar-refractivity contribution >= 4 is 17.3 Å². The Morgan fingerprint density at radius 2 is 1.95 bits per heavy atom. The highest BCUT2D eigenvalue weighted by Gasteiger charge is 2.19. The molecule has 2 rings (SSSR count). The minimum Gasteiger partial charge on any atom is -0.503 e. The van der Waals surface area contributed by atoms with Crippen LogP contribution in [0.1, 0.15) is 18.5 Å². The molecule has 3 N–H and O–H groups in total. The smallest absolute Gasteiger partial charge is 0.176 e. The molecular weight excluding hydrogens is 300 g/mol. The zero-order chi connectivity index (χ0) is 16.1. The van der Waals surface area contributed by atoms with Crippen molar-refractivity contribution in [2.75, 3.05) is 25.1 Å². The number of rotatable bonds is 6. The molecule has 0 aliphatic heterocycles. The van der Waals surface area contributed by atoms with E-state index in [2.05, 4.69) is 4.90 Å². The van der Waals surface area contributed by atoms with Crippen LogP contribution < -0.4 is 15.4 Å². The first kappa shape index (κ1) is 16.5. The number of para-hydroxylation sites is 1. The predicted molar refractivity (Wildman–Crippen MR) is 90.9 cm³/mol. The number of likely N-dealkylation sites (N-methyl/N-ethyl adjacent to an activating group) is 1. The van der Waals surface area contributed by atoms with Crippen LogP contribution in [-0.2, 0) is 0 Å². The van der Waals surface area contributed by atoms with Gasteiger partial charge in [-0.15, -0.1) is 0 Å². The molecule has 1 unspecified atom stereocenters. The van der Waals surface area contributed by atoms with Gasteiger partial charge in [0.25, 0.3) is 0 Å². The lowest BCUT2D eigenvalue weighted by atomic mass is 10.0. The molecule has 0 bridgehead atoms. The largest absolute Gasteiger partial charge is 0.503 e. The van der Waals surface area contributed by atoms with Crippen LogP contribution >= 0.6 is 11.6 Å². The highest BCUT2D eigenvalue weighted by atomic mass is 35.5. The number of ether oxygens (including phenoxy) is 1. The molecule has 4 nitrogen and oxygen atoms in total. The average molecular weight is 321 g/mol. The maximum absolute atomic E-state index is 9.96. The number of nitrogens with two attached hydrogens (primary N) is 1. The third-order valence-corrected chi connectivity index (χ3v) is 3.88. The average Bonchev–Trinajstić information content (AvgIpc) is 2.53. The van der Waals surface area contributed by atoms with Gasteiger partial charge in [-0.3, -0.25) is 0 Å². The van der Waals surface area contributed by atoms with Gasteiger partial charge in [-0.2, -0.15) is 0 Å². The van der Waals surface area contributed by atoms with Crippen LogP contribution in [0.3, 0.4) is 0 Å². The first-order chi connectivity index (χ1) is 10.6.